The second-order valence-corrected chi connectivity index (χ2v) is 5.48. The molecule has 0 aromatic carbocycles. The second kappa shape index (κ2) is 7.22. The zero-order valence-electron chi connectivity index (χ0n) is 10.7. The van der Waals surface area contributed by atoms with Crippen LogP contribution in [0.15, 0.2) is 0 Å². The largest absolute Gasteiger partial charge is 0.352 e. The molecule has 4 heteroatoms. The Kier molecular flexibility index (Phi) is 6.28. The molecule has 0 aromatic heterocycles. The molecule has 1 saturated carbocycles. The lowest BCUT2D eigenvalue weighted by Crippen LogP contribution is -2.50. The molecule has 17 heavy (non-hydrogen) atoms. The van der Waals surface area contributed by atoms with Gasteiger partial charge in [-0.1, -0.05) is 26.2 Å². The fourth-order valence-corrected chi connectivity index (χ4v) is 2.94. The maximum absolute atomic E-state index is 12.0. The molecular weight excluding hydrogens is 236 g/mol. The number of carbonyl (C=O) groups is 1. The number of rotatable bonds is 2. The van der Waals surface area contributed by atoms with Gasteiger partial charge in [0.15, 0.2) is 0 Å². The predicted molar refractivity (Wildman–Crippen MR) is 72.5 cm³/mol. The lowest BCUT2D eigenvalue weighted by atomic mass is 9.87. The first-order valence-electron chi connectivity index (χ1n) is 6.79. The van der Waals surface area contributed by atoms with Gasteiger partial charge in [0, 0.05) is 6.04 Å². The molecule has 1 amide bonds. The molecule has 1 aliphatic heterocycles. The van der Waals surface area contributed by atoms with Crippen molar-refractivity contribution in [1.29, 1.82) is 0 Å². The van der Waals surface area contributed by atoms with Crippen LogP contribution in [-0.4, -0.2) is 24.5 Å². The van der Waals surface area contributed by atoms with Crippen molar-refractivity contribution < 1.29 is 4.79 Å². The van der Waals surface area contributed by atoms with Crippen molar-refractivity contribution in [1.82, 2.24) is 10.6 Å². The van der Waals surface area contributed by atoms with Crippen LogP contribution in [0, 0.1) is 5.92 Å². The van der Waals surface area contributed by atoms with Gasteiger partial charge in [-0.25, -0.2) is 0 Å². The maximum atomic E-state index is 12.0. The smallest absolute Gasteiger partial charge is 0.237 e. The Bertz CT molecular complexity index is 242. The summed E-state index contributed by atoms with van der Waals surface area (Å²) >= 11 is 0. The van der Waals surface area contributed by atoms with E-state index in [0.29, 0.717) is 6.04 Å². The SMILES string of the molecule is CC1CCCC(NC(=O)C2CCCCN2)C1.Cl. The molecule has 0 bridgehead atoms. The molecule has 0 radical (unpaired) electrons. The van der Waals surface area contributed by atoms with E-state index in [1.54, 1.807) is 0 Å². The third kappa shape index (κ3) is 4.47. The van der Waals surface area contributed by atoms with Crippen LogP contribution in [0.5, 0.6) is 0 Å². The van der Waals surface area contributed by atoms with E-state index in [2.05, 4.69) is 17.6 Å². The van der Waals surface area contributed by atoms with Gasteiger partial charge in [0.25, 0.3) is 0 Å². The Balaban J connectivity index is 0.00000144. The van der Waals surface area contributed by atoms with E-state index < -0.39 is 0 Å². The summed E-state index contributed by atoms with van der Waals surface area (Å²) in [6.45, 7) is 3.29. The van der Waals surface area contributed by atoms with Crippen molar-refractivity contribution in [3.8, 4) is 0 Å². The molecule has 2 aliphatic rings. The second-order valence-electron chi connectivity index (χ2n) is 5.48. The average molecular weight is 261 g/mol. The summed E-state index contributed by atoms with van der Waals surface area (Å²) in [5.41, 5.74) is 0. The Labute approximate surface area is 111 Å². The summed E-state index contributed by atoms with van der Waals surface area (Å²) in [7, 11) is 0. The topological polar surface area (TPSA) is 41.1 Å². The molecule has 1 heterocycles. The van der Waals surface area contributed by atoms with Crippen molar-refractivity contribution in [2.24, 2.45) is 5.92 Å². The van der Waals surface area contributed by atoms with Crippen molar-refractivity contribution in [3.05, 3.63) is 0 Å². The lowest BCUT2D eigenvalue weighted by molar-refractivity contribution is -0.124. The van der Waals surface area contributed by atoms with Gasteiger partial charge in [0.1, 0.15) is 0 Å². The van der Waals surface area contributed by atoms with Gasteiger partial charge in [0.2, 0.25) is 5.91 Å². The molecule has 3 atom stereocenters. The summed E-state index contributed by atoms with van der Waals surface area (Å²) in [4.78, 5) is 12.0. The molecule has 0 aromatic rings. The molecular formula is C13H25ClN2O. The normalized spacial score (nSPS) is 33.6. The number of amides is 1. The first-order chi connectivity index (χ1) is 7.75. The van der Waals surface area contributed by atoms with Crippen LogP contribution in [0.4, 0.5) is 0 Å². The van der Waals surface area contributed by atoms with E-state index in [1.807, 2.05) is 0 Å². The van der Waals surface area contributed by atoms with E-state index in [9.17, 15) is 4.79 Å². The standard InChI is InChI=1S/C13H24N2O.ClH/c1-10-5-4-6-11(9-10)15-13(16)12-7-2-3-8-14-12;/h10-12,14H,2-9H2,1H3,(H,15,16);1H. The number of nitrogens with one attached hydrogen (secondary N) is 2. The fourth-order valence-electron chi connectivity index (χ4n) is 2.94. The maximum Gasteiger partial charge on any atom is 0.237 e. The molecule has 2 N–H and O–H groups in total. The number of carbonyl (C=O) groups excluding carboxylic acids is 1. The van der Waals surface area contributed by atoms with Crippen molar-refractivity contribution >= 4 is 18.3 Å². The quantitative estimate of drug-likeness (QED) is 0.800. The van der Waals surface area contributed by atoms with Gasteiger partial charge in [-0.2, -0.15) is 0 Å². The van der Waals surface area contributed by atoms with E-state index in [0.717, 1.165) is 18.9 Å². The fraction of sp³-hybridized carbons (Fsp3) is 0.923. The van der Waals surface area contributed by atoms with Crippen LogP contribution in [0.2, 0.25) is 0 Å². The average Bonchev–Trinajstić information content (AvgIpc) is 2.30. The van der Waals surface area contributed by atoms with Crippen LogP contribution >= 0.6 is 12.4 Å². The number of hydrogen-bond acceptors (Lipinski definition) is 2. The highest BCUT2D eigenvalue weighted by molar-refractivity contribution is 5.85. The third-order valence-electron chi connectivity index (χ3n) is 3.91. The Morgan fingerprint density at radius 2 is 2.00 bits per heavy atom. The molecule has 100 valence electrons. The molecule has 1 saturated heterocycles. The highest BCUT2D eigenvalue weighted by Crippen LogP contribution is 2.23. The summed E-state index contributed by atoms with van der Waals surface area (Å²) in [6, 6.07) is 0.506. The van der Waals surface area contributed by atoms with Gasteiger partial charge in [-0.05, 0) is 38.1 Å². The summed E-state index contributed by atoms with van der Waals surface area (Å²) in [6.07, 6.45) is 8.34. The van der Waals surface area contributed by atoms with Crippen LogP contribution in [0.3, 0.4) is 0 Å². The number of halogens is 1. The monoisotopic (exact) mass is 260 g/mol. The minimum atomic E-state index is 0. The van der Waals surface area contributed by atoms with Crippen LogP contribution in [0.25, 0.3) is 0 Å². The molecule has 2 rings (SSSR count). The molecule has 2 fully saturated rings. The molecule has 3 unspecified atom stereocenters. The lowest BCUT2D eigenvalue weighted by Gasteiger charge is -2.30. The predicted octanol–water partition coefficient (Wildman–Crippen LogP) is 2.25. The van der Waals surface area contributed by atoms with Gasteiger partial charge >= 0.3 is 0 Å². The zero-order valence-corrected chi connectivity index (χ0v) is 11.5. The Morgan fingerprint density at radius 3 is 2.65 bits per heavy atom. The van der Waals surface area contributed by atoms with E-state index in [4.69, 9.17) is 0 Å². The summed E-state index contributed by atoms with van der Waals surface area (Å²) in [5, 5.41) is 6.53. The van der Waals surface area contributed by atoms with Crippen molar-refractivity contribution in [3.63, 3.8) is 0 Å². The van der Waals surface area contributed by atoms with Crippen LogP contribution in [0.1, 0.15) is 51.9 Å². The van der Waals surface area contributed by atoms with Gasteiger partial charge < -0.3 is 10.6 Å². The number of piperidine rings is 1. The van der Waals surface area contributed by atoms with Gasteiger partial charge in [-0.15, -0.1) is 12.4 Å². The molecule has 1 aliphatic carbocycles. The zero-order chi connectivity index (χ0) is 11.4. The van der Waals surface area contributed by atoms with E-state index in [-0.39, 0.29) is 24.4 Å². The van der Waals surface area contributed by atoms with Crippen molar-refractivity contribution in [2.75, 3.05) is 6.54 Å². The third-order valence-corrected chi connectivity index (χ3v) is 3.91. The van der Waals surface area contributed by atoms with Gasteiger partial charge in [0.05, 0.1) is 6.04 Å². The highest BCUT2D eigenvalue weighted by atomic mass is 35.5. The molecule has 0 spiro atoms. The Morgan fingerprint density at radius 1 is 1.18 bits per heavy atom. The first kappa shape index (κ1) is 14.8. The first-order valence-corrected chi connectivity index (χ1v) is 6.79. The minimum Gasteiger partial charge on any atom is -0.352 e. The van der Waals surface area contributed by atoms with Crippen LogP contribution < -0.4 is 10.6 Å². The molecule has 3 nitrogen and oxygen atoms in total. The Hall–Kier alpha value is -0.280. The van der Waals surface area contributed by atoms with Crippen LogP contribution in [-0.2, 0) is 4.79 Å². The van der Waals surface area contributed by atoms with Crippen molar-refractivity contribution in [2.45, 2.75) is 64.0 Å². The number of hydrogen-bond donors (Lipinski definition) is 2. The summed E-state index contributed by atoms with van der Waals surface area (Å²) in [5.74, 6) is 1.01. The summed E-state index contributed by atoms with van der Waals surface area (Å²) < 4.78 is 0. The van der Waals surface area contributed by atoms with E-state index in [1.165, 1.54) is 38.5 Å². The minimum absolute atomic E-state index is 0. The van der Waals surface area contributed by atoms with Gasteiger partial charge in [-0.3, -0.25) is 4.79 Å². The highest BCUT2D eigenvalue weighted by Gasteiger charge is 2.25. The van der Waals surface area contributed by atoms with E-state index >= 15 is 0 Å².